The number of hydrogen-bond donors (Lipinski definition) is 2. The third kappa shape index (κ3) is 4.03. The van der Waals surface area contributed by atoms with E-state index in [1.54, 1.807) is 42.5 Å². The van der Waals surface area contributed by atoms with Gasteiger partial charge in [0.25, 0.3) is 0 Å². The molecule has 5 nitrogen and oxygen atoms in total. The van der Waals surface area contributed by atoms with Crippen molar-refractivity contribution in [2.45, 2.75) is 32.2 Å². The smallest absolute Gasteiger partial charge is 0.240 e. The molecule has 2 rings (SSSR count). The third-order valence-electron chi connectivity index (χ3n) is 2.95. The average molecular weight is 325 g/mol. The first-order valence-electron chi connectivity index (χ1n) is 6.69. The maximum Gasteiger partial charge on any atom is 0.240 e. The Hall–Kier alpha value is -1.44. The quantitative estimate of drug-likeness (QED) is 0.856. The maximum absolute atomic E-state index is 11.8. The van der Waals surface area contributed by atoms with E-state index in [2.05, 4.69) is 15.0 Å². The van der Waals surface area contributed by atoms with Crippen molar-refractivity contribution in [2.75, 3.05) is 11.9 Å². The lowest BCUT2D eigenvalue weighted by Gasteiger charge is -2.08. The Morgan fingerprint density at radius 2 is 1.86 bits per heavy atom. The molecule has 0 radical (unpaired) electrons. The van der Waals surface area contributed by atoms with Crippen LogP contribution in [0.1, 0.15) is 22.5 Å². The standard InChI is InChI=1S/C14H19N3O2S2/c1-4-16-21(18,19)13-7-5-12(6-8-13)15-9-14-10(2)17-11(3)20-14/h5-8,15-16H,4,9H2,1-3H3. The van der Waals surface area contributed by atoms with Crippen LogP contribution in [0, 0.1) is 13.8 Å². The van der Waals surface area contributed by atoms with E-state index in [4.69, 9.17) is 0 Å². The summed E-state index contributed by atoms with van der Waals surface area (Å²) in [6, 6.07) is 6.75. The first-order valence-corrected chi connectivity index (χ1v) is 8.99. The second-order valence-corrected chi connectivity index (χ2v) is 7.68. The monoisotopic (exact) mass is 325 g/mol. The van der Waals surface area contributed by atoms with Crippen LogP contribution in [0.2, 0.25) is 0 Å². The number of thiazole rings is 1. The summed E-state index contributed by atoms with van der Waals surface area (Å²) >= 11 is 1.67. The summed E-state index contributed by atoms with van der Waals surface area (Å²) in [5.74, 6) is 0. The Balaban J connectivity index is 2.05. The third-order valence-corrected chi connectivity index (χ3v) is 5.59. The zero-order valence-electron chi connectivity index (χ0n) is 12.3. The predicted octanol–water partition coefficient (Wildman–Crippen LogP) is 2.67. The van der Waals surface area contributed by atoms with Gasteiger partial charge in [0, 0.05) is 17.1 Å². The highest BCUT2D eigenvalue weighted by atomic mass is 32.2. The normalized spacial score (nSPS) is 11.6. The molecule has 1 aromatic carbocycles. The lowest BCUT2D eigenvalue weighted by Crippen LogP contribution is -2.23. The molecule has 2 N–H and O–H groups in total. The molecule has 0 unspecified atom stereocenters. The van der Waals surface area contributed by atoms with Gasteiger partial charge in [-0.15, -0.1) is 11.3 Å². The average Bonchev–Trinajstić information content (AvgIpc) is 2.75. The van der Waals surface area contributed by atoms with E-state index >= 15 is 0 Å². The zero-order valence-corrected chi connectivity index (χ0v) is 13.9. The van der Waals surface area contributed by atoms with Crippen LogP contribution in [0.4, 0.5) is 5.69 Å². The molecule has 0 saturated heterocycles. The Labute approximate surface area is 129 Å². The van der Waals surface area contributed by atoms with Gasteiger partial charge >= 0.3 is 0 Å². The molecule has 0 aliphatic carbocycles. The van der Waals surface area contributed by atoms with Crippen LogP contribution in [0.3, 0.4) is 0 Å². The fourth-order valence-electron chi connectivity index (χ4n) is 1.95. The number of hydrogen-bond acceptors (Lipinski definition) is 5. The molecular weight excluding hydrogens is 306 g/mol. The number of nitrogens with zero attached hydrogens (tertiary/aromatic N) is 1. The van der Waals surface area contributed by atoms with E-state index in [9.17, 15) is 8.42 Å². The van der Waals surface area contributed by atoms with Crippen LogP contribution in [0.25, 0.3) is 0 Å². The van der Waals surface area contributed by atoms with Crippen LogP contribution in [0.15, 0.2) is 29.2 Å². The number of aryl methyl sites for hydroxylation is 2. The summed E-state index contributed by atoms with van der Waals surface area (Å²) in [6.45, 7) is 6.81. The van der Waals surface area contributed by atoms with E-state index in [0.29, 0.717) is 13.1 Å². The minimum Gasteiger partial charge on any atom is -0.380 e. The summed E-state index contributed by atoms with van der Waals surface area (Å²) in [4.78, 5) is 5.85. The summed E-state index contributed by atoms with van der Waals surface area (Å²) in [7, 11) is -3.38. The van der Waals surface area contributed by atoms with Crippen LogP contribution >= 0.6 is 11.3 Å². The predicted molar refractivity (Wildman–Crippen MR) is 86.2 cm³/mol. The second kappa shape index (κ2) is 6.55. The van der Waals surface area contributed by atoms with Gasteiger partial charge in [0.05, 0.1) is 22.1 Å². The minimum absolute atomic E-state index is 0.278. The SMILES string of the molecule is CCNS(=O)(=O)c1ccc(NCc2sc(C)nc2C)cc1. The summed E-state index contributed by atoms with van der Waals surface area (Å²) in [6.07, 6.45) is 0. The number of rotatable bonds is 6. The van der Waals surface area contributed by atoms with Crippen LogP contribution in [0.5, 0.6) is 0 Å². The van der Waals surface area contributed by atoms with Gasteiger partial charge in [0.2, 0.25) is 10.0 Å². The van der Waals surface area contributed by atoms with E-state index in [1.165, 1.54) is 4.88 Å². The Bertz CT molecular complexity index is 706. The highest BCUT2D eigenvalue weighted by molar-refractivity contribution is 7.89. The second-order valence-electron chi connectivity index (χ2n) is 4.62. The lowest BCUT2D eigenvalue weighted by molar-refractivity contribution is 0.584. The van der Waals surface area contributed by atoms with Crippen LogP contribution in [-0.4, -0.2) is 19.9 Å². The molecule has 0 aliphatic rings. The molecule has 0 saturated carbocycles. The zero-order chi connectivity index (χ0) is 15.5. The van der Waals surface area contributed by atoms with Gasteiger partial charge in [-0.2, -0.15) is 0 Å². The number of anilines is 1. The molecule has 0 atom stereocenters. The van der Waals surface area contributed by atoms with Gasteiger partial charge in [-0.25, -0.2) is 18.1 Å². The van der Waals surface area contributed by atoms with Crippen molar-refractivity contribution in [3.8, 4) is 0 Å². The van der Waals surface area contributed by atoms with Gasteiger partial charge in [-0.3, -0.25) is 0 Å². The maximum atomic E-state index is 11.8. The molecule has 2 aromatic rings. The summed E-state index contributed by atoms with van der Waals surface area (Å²) < 4.78 is 26.1. The molecule has 0 fully saturated rings. The first kappa shape index (κ1) is 15.9. The molecule has 0 spiro atoms. The Morgan fingerprint density at radius 1 is 1.19 bits per heavy atom. The van der Waals surface area contributed by atoms with E-state index in [-0.39, 0.29) is 4.90 Å². The van der Waals surface area contributed by atoms with Crippen molar-refractivity contribution in [1.29, 1.82) is 0 Å². The topological polar surface area (TPSA) is 71.1 Å². The Kier molecular flexibility index (Phi) is 4.97. The molecule has 21 heavy (non-hydrogen) atoms. The van der Waals surface area contributed by atoms with Crippen molar-refractivity contribution < 1.29 is 8.42 Å². The molecule has 7 heteroatoms. The molecule has 114 valence electrons. The van der Waals surface area contributed by atoms with Crippen molar-refractivity contribution >= 4 is 27.0 Å². The minimum atomic E-state index is -3.38. The molecular formula is C14H19N3O2S2. The van der Waals surface area contributed by atoms with Gasteiger partial charge in [0.1, 0.15) is 0 Å². The number of sulfonamides is 1. The highest BCUT2D eigenvalue weighted by Crippen LogP contribution is 2.20. The highest BCUT2D eigenvalue weighted by Gasteiger charge is 2.12. The fourth-order valence-corrected chi connectivity index (χ4v) is 3.86. The lowest BCUT2D eigenvalue weighted by atomic mass is 10.3. The van der Waals surface area contributed by atoms with E-state index < -0.39 is 10.0 Å². The molecule has 0 amide bonds. The summed E-state index contributed by atoms with van der Waals surface area (Å²) in [5, 5.41) is 4.33. The molecule has 1 aromatic heterocycles. The van der Waals surface area contributed by atoms with Crippen LogP contribution < -0.4 is 10.0 Å². The van der Waals surface area contributed by atoms with Gasteiger partial charge in [-0.1, -0.05) is 6.92 Å². The summed E-state index contributed by atoms with van der Waals surface area (Å²) in [5.41, 5.74) is 1.92. The van der Waals surface area contributed by atoms with Gasteiger partial charge < -0.3 is 5.32 Å². The molecule has 1 heterocycles. The van der Waals surface area contributed by atoms with Crippen molar-refractivity contribution in [3.63, 3.8) is 0 Å². The number of benzene rings is 1. The van der Waals surface area contributed by atoms with Crippen molar-refractivity contribution in [3.05, 3.63) is 39.8 Å². The van der Waals surface area contributed by atoms with Crippen molar-refractivity contribution in [2.24, 2.45) is 0 Å². The van der Waals surface area contributed by atoms with Crippen molar-refractivity contribution in [1.82, 2.24) is 9.71 Å². The number of aromatic nitrogens is 1. The van der Waals surface area contributed by atoms with E-state index in [0.717, 1.165) is 16.4 Å². The fraction of sp³-hybridized carbons (Fsp3) is 0.357. The molecule has 0 aliphatic heterocycles. The largest absolute Gasteiger partial charge is 0.380 e. The molecule has 0 bridgehead atoms. The van der Waals surface area contributed by atoms with Gasteiger partial charge in [0.15, 0.2) is 0 Å². The Morgan fingerprint density at radius 3 is 2.38 bits per heavy atom. The number of nitrogens with one attached hydrogen (secondary N) is 2. The van der Waals surface area contributed by atoms with E-state index in [1.807, 2.05) is 13.8 Å². The first-order chi connectivity index (χ1) is 9.92. The van der Waals surface area contributed by atoms with Gasteiger partial charge in [-0.05, 0) is 38.1 Å². The van der Waals surface area contributed by atoms with Crippen LogP contribution in [-0.2, 0) is 16.6 Å².